The van der Waals surface area contributed by atoms with Crippen molar-refractivity contribution >= 4 is 17.5 Å². The van der Waals surface area contributed by atoms with Gasteiger partial charge in [0.2, 0.25) is 0 Å². The first-order valence-electron chi connectivity index (χ1n) is 16.4. The maximum Gasteiger partial charge on any atom is 0.251 e. The number of likely N-dealkylation sites (tertiary alicyclic amines) is 1. The highest BCUT2D eigenvalue weighted by molar-refractivity contribution is 6.32. The Morgan fingerprint density at radius 3 is 2.52 bits per heavy atom. The number of halogens is 1. The SMILES string of the molecule is CC.CC1/C=C\C=C/Cc2cc(CN3CCC(Oc4ccc(C(=O)NCCCN5CCN(C)CC5)cc4Cl)CC3)ccc2O1. The fourth-order valence-corrected chi connectivity index (χ4v) is 6.00. The van der Waals surface area contributed by atoms with Crippen LogP contribution in [0.1, 0.15) is 61.5 Å². The van der Waals surface area contributed by atoms with Crippen LogP contribution in [0.3, 0.4) is 0 Å². The molecule has 0 saturated carbocycles. The average Bonchev–Trinajstić information content (AvgIpc) is 3.12. The molecule has 44 heavy (non-hydrogen) atoms. The number of allylic oxidation sites excluding steroid dienone is 3. The average molecular weight is 623 g/mol. The van der Waals surface area contributed by atoms with Crippen molar-refractivity contribution in [3.05, 3.63) is 82.4 Å². The van der Waals surface area contributed by atoms with Crippen LogP contribution in [0.25, 0.3) is 0 Å². The van der Waals surface area contributed by atoms with Gasteiger partial charge < -0.3 is 24.6 Å². The van der Waals surface area contributed by atoms with Gasteiger partial charge in [0, 0.05) is 57.9 Å². The molecule has 0 aliphatic carbocycles. The first-order chi connectivity index (χ1) is 21.4. The highest BCUT2D eigenvalue weighted by atomic mass is 35.5. The van der Waals surface area contributed by atoms with E-state index < -0.39 is 0 Å². The molecular formula is C36H51ClN4O3. The molecule has 0 radical (unpaired) electrons. The molecule has 3 aliphatic heterocycles. The molecule has 1 unspecified atom stereocenters. The van der Waals surface area contributed by atoms with Crippen LogP contribution in [0.5, 0.6) is 11.5 Å². The molecule has 2 fully saturated rings. The van der Waals surface area contributed by atoms with Gasteiger partial charge in [0.15, 0.2) is 0 Å². The fourth-order valence-electron chi connectivity index (χ4n) is 5.78. The number of piperazine rings is 1. The summed E-state index contributed by atoms with van der Waals surface area (Å²) < 4.78 is 12.4. The van der Waals surface area contributed by atoms with E-state index in [-0.39, 0.29) is 18.1 Å². The van der Waals surface area contributed by atoms with Crippen molar-refractivity contribution in [2.24, 2.45) is 0 Å². The topological polar surface area (TPSA) is 57.3 Å². The number of nitrogens with one attached hydrogen (secondary N) is 1. The Kier molecular flexibility index (Phi) is 13.6. The van der Waals surface area contributed by atoms with Crippen LogP contribution in [0.2, 0.25) is 5.02 Å². The van der Waals surface area contributed by atoms with Gasteiger partial charge in [-0.15, -0.1) is 0 Å². The molecule has 2 aromatic carbocycles. The Morgan fingerprint density at radius 1 is 1.00 bits per heavy atom. The molecule has 0 bridgehead atoms. The third-order valence-electron chi connectivity index (χ3n) is 8.37. The number of carbonyl (C=O) groups excluding carboxylic acids is 1. The van der Waals surface area contributed by atoms with Crippen molar-refractivity contribution in [3.8, 4) is 11.5 Å². The van der Waals surface area contributed by atoms with Crippen molar-refractivity contribution in [2.75, 3.05) is 59.4 Å². The van der Waals surface area contributed by atoms with Crippen LogP contribution in [-0.4, -0.2) is 92.2 Å². The van der Waals surface area contributed by atoms with Gasteiger partial charge in [-0.2, -0.15) is 0 Å². The molecule has 3 heterocycles. The zero-order valence-electron chi connectivity index (χ0n) is 27.1. The molecular weight excluding hydrogens is 572 g/mol. The van der Waals surface area contributed by atoms with E-state index in [1.54, 1.807) is 6.07 Å². The van der Waals surface area contributed by atoms with Gasteiger partial charge in [-0.05, 0) is 87.7 Å². The molecule has 1 N–H and O–H groups in total. The number of hydrogen-bond acceptors (Lipinski definition) is 6. The predicted molar refractivity (Wildman–Crippen MR) is 181 cm³/mol. The summed E-state index contributed by atoms with van der Waals surface area (Å²) in [6.45, 7) is 15.0. The van der Waals surface area contributed by atoms with Gasteiger partial charge in [0.25, 0.3) is 5.91 Å². The molecule has 2 aromatic rings. The van der Waals surface area contributed by atoms with Crippen LogP contribution in [0.15, 0.2) is 60.7 Å². The minimum Gasteiger partial charge on any atom is -0.489 e. The van der Waals surface area contributed by atoms with Crippen LogP contribution < -0.4 is 14.8 Å². The second-order valence-electron chi connectivity index (χ2n) is 11.8. The molecule has 3 aliphatic rings. The smallest absolute Gasteiger partial charge is 0.251 e. The number of likely N-dealkylation sites (N-methyl/N-ethyl adjacent to an activating group) is 1. The molecule has 5 rings (SSSR count). The summed E-state index contributed by atoms with van der Waals surface area (Å²) in [5.74, 6) is 1.53. The number of fused-ring (bicyclic) bond motifs is 1. The molecule has 240 valence electrons. The number of ether oxygens (including phenoxy) is 2. The maximum atomic E-state index is 12.7. The Morgan fingerprint density at radius 2 is 1.77 bits per heavy atom. The van der Waals surface area contributed by atoms with Crippen LogP contribution in [0, 0.1) is 0 Å². The molecule has 0 aromatic heterocycles. The monoisotopic (exact) mass is 622 g/mol. The second-order valence-corrected chi connectivity index (χ2v) is 12.2. The molecule has 8 heteroatoms. The molecule has 2 saturated heterocycles. The minimum absolute atomic E-state index is 0.0560. The number of carbonyl (C=O) groups is 1. The quantitative estimate of drug-likeness (QED) is 0.336. The van der Waals surface area contributed by atoms with E-state index in [9.17, 15) is 4.79 Å². The third-order valence-corrected chi connectivity index (χ3v) is 8.66. The Hall–Kier alpha value is -2.84. The van der Waals surface area contributed by atoms with Gasteiger partial charge in [-0.3, -0.25) is 9.69 Å². The molecule has 1 atom stereocenters. The molecule has 1 amide bonds. The number of piperidine rings is 1. The van der Waals surface area contributed by atoms with Gasteiger partial charge in [-0.1, -0.05) is 55.8 Å². The van der Waals surface area contributed by atoms with E-state index in [1.165, 1.54) is 11.1 Å². The van der Waals surface area contributed by atoms with E-state index in [4.69, 9.17) is 21.1 Å². The summed E-state index contributed by atoms with van der Waals surface area (Å²) in [7, 11) is 2.16. The zero-order valence-corrected chi connectivity index (χ0v) is 27.8. The second kappa shape index (κ2) is 17.6. The zero-order chi connectivity index (χ0) is 31.3. The van der Waals surface area contributed by atoms with E-state index in [1.807, 2.05) is 26.0 Å². The summed E-state index contributed by atoms with van der Waals surface area (Å²) in [5.41, 5.74) is 3.11. The number of amides is 1. The summed E-state index contributed by atoms with van der Waals surface area (Å²) >= 11 is 6.56. The van der Waals surface area contributed by atoms with Gasteiger partial charge >= 0.3 is 0 Å². The number of nitrogens with zero attached hydrogens (tertiary/aromatic N) is 3. The Labute approximate surface area is 269 Å². The number of hydrogen-bond donors (Lipinski definition) is 1. The first kappa shape index (κ1) is 34.0. The predicted octanol–water partition coefficient (Wildman–Crippen LogP) is 6.21. The molecule has 7 nitrogen and oxygen atoms in total. The lowest BCUT2D eigenvalue weighted by Gasteiger charge is -2.32. The highest BCUT2D eigenvalue weighted by Gasteiger charge is 2.22. The van der Waals surface area contributed by atoms with Crippen molar-refractivity contribution < 1.29 is 14.3 Å². The minimum atomic E-state index is -0.0900. The number of benzene rings is 2. The number of rotatable bonds is 9. The lowest BCUT2D eigenvalue weighted by atomic mass is 10.0. The standard InChI is InChI=1S/C34H45ClN4O3.C2H6/c1-26-7-4-3-5-8-28-23-27(9-11-32(28)41-26)25-39-17-13-30(14-18-39)42-33-12-10-29(24-31(33)35)34(40)36-15-6-16-38-21-19-37(2)20-22-38;1-2/h3-5,7,9-12,23-24,26,30H,6,8,13-22,25H2,1-2H3,(H,36,40);1-2H3/b5-3-,7-4-;. The van der Waals surface area contributed by atoms with Crippen molar-refractivity contribution in [1.82, 2.24) is 20.0 Å². The summed E-state index contributed by atoms with van der Waals surface area (Å²) in [6, 6.07) is 11.9. The first-order valence-corrected chi connectivity index (χ1v) is 16.8. The fraction of sp³-hybridized carbons (Fsp3) is 0.528. The van der Waals surface area contributed by atoms with Crippen LogP contribution in [0.4, 0.5) is 0 Å². The summed E-state index contributed by atoms with van der Waals surface area (Å²) in [4.78, 5) is 20.0. The van der Waals surface area contributed by atoms with E-state index in [0.29, 0.717) is 22.9 Å². The van der Waals surface area contributed by atoms with Crippen LogP contribution >= 0.6 is 11.6 Å². The Bertz CT molecular complexity index is 1250. The van der Waals surface area contributed by atoms with E-state index >= 15 is 0 Å². The van der Waals surface area contributed by atoms with Crippen LogP contribution in [-0.2, 0) is 13.0 Å². The summed E-state index contributed by atoms with van der Waals surface area (Å²) in [5, 5.41) is 3.52. The molecule has 0 spiro atoms. The Balaban J connectivity index is 0.00000216. The normalized spacial score (nSPS) is 21.3. The van der Waals surface area contributed by atoms with Gasteiger partial charge in [0.1, 0.15) is 23.7 Å². The van der Waals surface area contributed by atoms with Gasteiger partial charge in [-0.25, -0.2) is 0 Å². The lowest BCUT2D eigenvalue weighted by molar-refractivity contribution is 0.0947. The summed E-state index contributed by atoms with van der Waals surface area (Å²) in [6.07, 6.45) is 12.3. The van der Waals surface area contributed by atoms with E-state index in [0.717, 1.165) is 83.8 Å². The van der Waals surface area contributed by atoms with E-state index in [2.05, 4.69) is 76.5 Å². The third kappa shape index (κ3) is 10.4. The highest BCUT2D eigenvalue weighted by Crippen LogP contribution is 2.29. The van der Waals surface area contributed by atoms with Gasteiger partial charge in [0.05, 0.1) is 5.02 Å². The van der Waals surface area contributed by atoms with Crippen molar-refractivity contribution in [3.63, 3.8) is 0 Å². The largest absolute Gasteiger partial charge is 0.489 e. The maximum absolute atomic E-state index is 12.7. The van der Waals surface area contributed by atoms with Crippen molar-refractivity contribution in [1.29, 1.82) is 0 Å². The van der Waals surface area contributed by atoms with Crippen molar-refractivity contribution in [2.45, 2.75) is 65.2 Å². The lowest BCUT2D eigenvalue weighted by Crippen LogP contribution is -2.45.